The molecule has 2 N–H and O–H groups in total. The molecule has 1 nitrogen and oxygen atoms in total. The molecule has 0 aromatic heterocycles. The minimum Gasteiger partial charge on any atom is -0.327 e. The second-order valence-corrected chi connectivity index (χ2v) is 4.24. The van der Waals surface area contributed by atoms with E-state index in [2.05, 4.69) is 0 Å². The first kappa shape index (κ1) is 15.8. The van der Waals surface area contributed by atoms with Crippen LogP contribution in [-0.2, 0) is 18.8 Å². The fourth-order valence-corrected chi connectivity index (χ4v) is 1.62. The fourth-order valence-electron chi connectivity index (χ4n) is 1.62. The maximum absolute atomic E-state index is 12.8. The monoisotopic (exact) mass is 285 g/mol. The molecule has 0 amide bonds. The summed E-state index contributed by atoms with van der Waals surface area (Å²) in [5.74, 6) is 0. The van der Waals surface area contributed by atoms with Crippen LogP contribution in [-0.4, -0.2) is 6.04 Å². The minimum atomic E-state index is -4.83. The number of hydrogen-bond donors (Lipinski definition) is 1. The molecule has 1 atom stereocenters. The van der Waals surface area contributed by atoms with Crippen LogP contribution in [0.15, 0.2) is 18.2 Å². The predicted octanol–water partition coefficient (Wildman–Crippen LogP) is 4.00. The van der Waals surface area contributed by atoms with Gasteiger partial charge >= 0.3 is 12.4 Å². The Kier molecular flexibility index (Phi) is 4.50. The quantitative estimate of drug-likeness (QED) is 0.834. The highest BCUT2D eigenvalue weighted by Crippen LogP contribution is 2.37. The molecule has 1 unspecified atom stereocenters. The van der Waals surface area contributed by atoms with Crippen LogP contribution in [0, 0.1) is 0 Å². The lowest BCUT2D eigenvalue weighted by atomic mass is 9.97. The Morgan fingerprint density at radius 3 is 2.05 bits per heavy atom. The topological polar surface area (TPSA) is 26.0 Å². The van der Waals surface area contributed by atoms with E-state index in [1.165, 1.54) is 0 Å². The zero-order valence-electron chi connectivity index (χ0n) is 10.1. The molecule has 7 heteroatoms. The van der Waals surface area contributed by atoms with Gasteiger partial charge in [-0.05, 0) is 30.5 Å². The Morgan fingerprint density at radius 2 is 1.63 bits per heavy atom. The lowest BCUT2D eigenvalue weighted by molar-refractivity contribution is -0.143. The smallest absolute Gasteiger partial charge is 0.327 e. The van der Waals surface area contributed by atoms with E-state index in [0.717, 1.165) is 6.07 Å². The molecule has 0 heterocycles. The molecule has 1 rings (SSSR count). The van der Waals surface area contributed by atoms with Crippen molar-refractivity contribution in [3.63, 3.8) is 0 Å². The largest absolute Gasteiger partial charge is 0.416 e. The molecule has 0 bridgehead atoms. The van der Waals surface area contributed by atoms with Gasteiger partial charge in [0.2, 0.25) is 0 Å². The molecule has 0 saturated carbocycles. The Balaban J connectivity index is 3.26. The number of benzene rings is 1. The normalized spacial score (nSPS) is 14.5. The number of alkyl halides is 6. The summed E-state index contributed by atoms with van der Waals surface area (Å²) in [6.45, 7) is 1.70. The van der Waals surface area contributed by atoms with Crippen LogP contribution in [0.25, 0.3) is 0 Å². The molecule has 0 radical (unpaired) electrons. The first-order chi connectivity index (χ1) is 8.55. The third-order valence-corrected chi connectivity index (χ3v) is 2.75. The molecule has 0 spiro atoms. The number of nitrogens with two attached hydrogens (primary N) is 1. The van der Waals surface area contributed by atoms with Crippen molar-refractivity contribution in [1.82, 2.24) is 0 Å². The maximum Gasteiger partial charge on any atom is 0.416 e. The zero-order chi connectivity index (χ0) is 14.8. The second kappa shape index (κ2) is 5.40. The molecule has 108 valence electrons. The summed E-state index contributed by atoms with van der Waals surface area (Å²) in [5, 5.41) is 0. The lowest BCUT2D eigenvalue weighted by Crippen LogP contribution is -2.24. The molecule has 0 aliphatic carbocycles. The highest BCUT2D eigenvalue weighted by Gasteiger charge is 2.38. The lowest BCUT2D eigenvalue weighted by Gasteiger charge is -2.17. The number of rotatable bonds is 3. The Morgan fingerprint density at radius 1 is 1.05 bits per heavy atom. The van der Waals surface area contributed by atoms with Crippen LogP contribution in [0.2, 0.25) is 0 Å². The summed E-state index contributed by atoms with van der Waals surface area (Å²) in [7, 11) is 0. The summed E-state index contributed by atoms with van der Waals surface area (Å²) in [5.41, 5.74) is 2.75. The number of halogens is 6. The van der Waals surface area contributed by atoms with Crippen LogP contribution in [0.3, 0.4) is 0 Å². The van der Waals surface area contributed by atoms with Crippen molar-refractivity contribution in [3.8, 4) is 0 Å². The molecular weight excluding hydrogens is 272 g/mol. The summed E-state index contributed by atoms with van der Waals surface area (Å²) in [6, 6.07) is 1.11. The summed E-state index contributed by atoms with van der Waals surface area (Å²) in [4.78, 5) is 0. The van der Waals surface area contributed by atoms with E-state index in [4.69, 9.17) is 5.73 Å². The van der Waals surface area contributed by atoms with Crippen LogP contribution >= 0.6 is 0 Å². The molecule has 0 aliphatic heterocycles. The van der Waals surface area contributed by atoms with Gasteiger partial charge in [0, 0.05) is 6.04 Å². The van der Waals surface area contributed by atoms with Crippen LogP contribution in [0.1, 0.15) is 30.0 Å². The second-order valence-electron chi connectivity index (χ2n) is 4.24. The van der Waals surface area contributed by atoms with E-state index in [0.29, 0.717) is 12.5 Å². The van der Waals surface area contributed by atoms with E-state index in [-0.39, 0.29) is 18.1 Å². The van der Waals surface area contributed by atoms with E-state index in [1.807, 2.05) is 0 Å². The molecule has 1 aromatic carbocycles. The maximum atomic E-state index is 12.8. The highest BCUT2D eigenvalue weighted by molar-refractivity contribution is 5.36. The van der Waals surface area contributed by atoms with Gasteiger partial charge < -0.3 is 5.73 Å². The predicted molar refractivity (Wildman–Crippen MR) is 58.4 cm³/mol. The van der Waals surface area contributed by atoms with Crippen molar-refractivity contribution >= 4 is 0 Å². The first-order valence-corrected chi connectivity index (χ1v) is 5.58. The van der Waals surface area contributed by atoms with Crippen molar-refractivity contribution in [3.05, 3.63) is 34.9 Å². The Labute approximate surface area is 106 Å². The molecule has 0 fully saturated rings. The van der Waals surface area contributed by atoms with Crippen molar-refractivity contribution in [2.24, 2.45) is 5.73 Å². The number of hydrogen-bond acceptors (Lipinski definition) is 1. The summed E-state index contributed by atoms with van der Waals surface area (Å²) >= 11 is 0. The van der Waals surface area contributed by atoms with E-state index >= 15 is 0 Å². The SMILES string of the molecule is CCC(N)Cc1ccc(C(F)(F)F)cc1C(F)(F)F. The Bertz CT molecular complexity index is 435. The average Bonchev–Trinajstić information content (AvgIpc) is 2.26. The zero-order valence-corrected chi connectivity index (χ0v) is 10.1. The van der Waals surface area contributed by atoms with Crippen LogP contribution in [0.4, 0.5) is 26.3 Å². The third-order valence-electron chi connectivity index (χ3n) is 2.75. The average molecular weight is 285 g/mol. The van der Waals surface area contributed by atoms with Gasteiger partial charge in [0.25, 0.3) is 0 Å². The van der Waals surface area contributed by atoms with Gasteiger partial charge in [-0.25, -0.2) is 0 Å². The van der Waals surface area contributed by atoms with E-state index < -0.39 is 29.5 Å². The minimum absolute atomic E-state index is 0.108. The first-order valence-electron chi connectivity index (χ1n) is 5.58. The molecule has 1 aromatic rings. The fraction of sp³-hybridized carbons (Fsp3) is 0.500. The van der Waals surface area contributed by atoms with Gasteiger partial charge in [-0.15, -0.1) is 0 Å². The van der Waals surface area contributed by atoms with Gasteiger partial charge in [-0.2, -0.15) is 26.3 Å². The standard InChI is InChI=1S/C12H13F6N/c1-2-9(19)5-7-3-4-8(11(13,14)15)6-10(7)12(16,17)18/h3-4,6,9H,2,5,19H2,1H3. The van der Waals surface area contributed by atoms with Crippen LogP contribution < -0.4 is 5.73 Å². The summed E-state index contributed by atoms with van der Waals surface area (Å²) < 4.78 is 75.6. The van der Waals surface area contributed by atoms with Crippen molar-refractivity contribution < 1.29 is 26.3 Å². The third kappa shape index (κ3) is 4.12. The van der Waals surface area contributed by atoms with E-state index in [9.17, 15) is 26.3 Å². The molecule has 19 heavy (non-hydrogen) atoms. The molecule has 0 aliphatic rings. The van der Waals surface area contributed by atoms with Crippen molar-refractivity contribution in [2.75, 3.05) is 0 Å². The Hall–Kier alpha value is -1.24. The van der Waals surface area contributed by atoms with Crippen LogP contribution in [0.5, 0.6) is 0 Å². The van der Waals surface area contributed by atoms with Gasteiger partial charge in [0.15, 0.2) is 0 Å². The van der Waals surface area contributed by atoms with Gasteiger partial charge in [0.05, 0.1) is 11.1 Å². The van der Waals surface area contributed by atoms with Gasteiger partial charge in [0.1, 0.15) is 0 Å². The van der Waals surface area contributed by atoms with Gasteiger partial charge in [-0.3, -0.25) is 0 Å². The van der Waals surface area contributed by atoms with Gasteiger partial charge in [-0.1, -0.05) is 13.0 Å². The van der Waals surface area contributed by atoms with Crippen molar-refractivity contribution in [2.45, 2.75) is 38.2 Å². The van der Waals surface area contributed by atoms with E-state index in [1.54, 1.807) is 6.92 Å². The van der Waals surface area contributed by atoms with Crippen molar-refractivity contribution in [1.29, 1.82) is 0 Å². The highest BCUT2D eigenvalue weighted by atomic mass is 19.4. The molecular formula is C12H13F6N. The molecule has 0 saturated heterocycles. The summed E-state index contributed by atoms with van der Waals surface area (Å²) in [6.07, 6.45) is -9.29.